The number of aliphatic imine (C=N–C) groups is 1. The van der Waals surface area contributed by atoms with Crippen LogP contribution in [-0.4, -0.2) is 75.4 Å². The zero-order valence-electron chi connectivity index (χ0n) is 24.8. The molecular weight excluding hydrogens is 539 g/mol. The number of hydrogen-bond donors (Lipinski definition) is 1. The number of nitrogens with zero attached hydrogens (tertiary/aromatic N) is 4. The van der Waals surface area contributed by atoms with Crippen molar-refractivity contribution < 1.29 is 18.0 Å². The van der Waals surface area contributed by atoms with E-state index < -0.39 is 17.5 Å². The summed E-state index contributed by atoms with van der Waals surface area (Å²) in [6.45, 7) is 8.46. The molecule has 2 aliphatic rings. The molecule has 1 amide bonds. The second-order valence-electron chi connectivity index (χ2n) is 11.5. The van der Waals surface area contributed by atoms with Crippen LogP contribution in [0.4, 0.5) is 24.5 Å². The molecule has 1 N–H and O–H groups in total. The molecule has 0 bridgehead atoms. The SMILES string of the molecule is C=Nc1ccccc1N(C)C#Cc1cc(C(=O)NC2=CC=C(CN3CC[C@@H](N(C)C)C3)C(C)(C(F)(F)F)C2)ccc1C. The molecule has 0 radical (unpaired) electrons. The second kappa shape index (κ2) is 12.6. The number of anilines is 1. The number of benzene rings is 2. The highest BCUT2D eigenvalue weighted by atomic mass is 19.4. The summed E-state index contributed by atoms with van der Waals surface area (Å²) in [4.78, 5) is 23.1. The van der Waals surface area contributed by atoms with Gasteiger partial charge in [0, 0.05) is 62.0 Å². The number of likely N-dealkylation sites (N-methyl/N-ethyl adjacent to an activating group) is 1. The van der Waals surface area contributed by atoms with E-state index in [0.29, 0.717) is 28.4 Å². The average Bonchev–Trinajstić information content (AvgIpc) is 3.42. The van der Waals surface area contributed by atoms with Gasteiger partial charge in [0.2, 0.25) is 0 Å². The molecule has 4 rings (SSSR count). The Labute approximate surface area is 246 Å². The Morgan fingerprint density at radius 2 is 1.93 bits per heavy atom. The summed E-state index contributed by atoms with van der Waals surface area (Å²) >= 11 is 0. The van der Waals surface area contributed by atoms with E-state index in [1.54, 1.807) is 29.2 Å². The van der Waals surface area contributed by atoms with E-state index in [1.165, 1.54) is 13.0 Å². The molecular formula is C33H38F3N5O. The molecule has 1 unspecified atom stereocenters. The first-order valence-electron chi connectivity index (χ1n) is 13.9. The van der Waals surface area contributed by atoms with Crippen molar-refractivity contribution in [3.05, 3.63) is 82.6 Å². The lowest BCUT2D eigenvalue weighted by atomic mass is 9.74. The molecule has 2 aromatic carbocycles. The van der Waals surface area contributed by atoms with Crippen LogP contribution in [0, 0.1) is 24.3 Å². The predicted octanol–water partition coefficient (Wildman–Crippen LogP) is 5.92. The van der Waals surface area contributed by atoms with Gasteiger partial charge in [-0.1, -0.05) is 24.3 Å². The minimum absolute atomic E-state index is 0.234. The largest absolute Gasteiger partial charge is 0.398 e. The molecule has 0 aromatic heterocycles. The summed E-state index contributed by atoms with van der Waals surface area (Å²) in [6, 6.07) is 16.0. The van der Waals surface area contributed by atoms with E-state index >= 15 is 0 Å². The third-order valence-electron chi connectivity index (χ3n) is 8.28. The normalized spacial score (nSPS) is 20.8. The van der Waals surface area contributed by atoms with Crippen LogP contribution in [0.15, 0.2) is 70.9 Å². The number of aryl methyl sites for hydroxylation is 1. The van der Waals surface area contributed by atoms with Gasteiger partial charge in [0.1, 0.15) is 0 Å². The lowest BCUT2D eigenvalue weighted by molar-refractivity contribution is -0.205. The molecule has 1 fully saturated rings. The maximum atomic E-state index is 14.5. The lowest BCUT2D eigenvalue weighted by Gasteiger charge is -2.39. The van der Waals surface area contributed by atoms with Crippen molar-refractivity contribution in [2.45, 2.75) is 38.9 Å². The van der Waals surface area contributed by atoms with Crippen LogP contribution < -0.4 is 10.2 Å². The fourth-order valence-electron chi connectivity index (χ4n) is 5.35. The first-order chi connectivity index (χ1) is 19.8. The van der Waals surface area contributed by atoms with E-state index in [2.05, 4.69) is 38.8 Å². The molecule has 9 heteroatoms. The summed E-state index contributed by atoms with van der Waals surface area (Å²) in [5, 5.41) is 2.73. The monoisotopic (exact) mass is 577 g/mol. The van der Waals surface area contributed by atoms with Crippen LogP contribution in [0.1, 0.15) is 41.3 Å². The third-order valence-corrected chi connectivity index (χ3v) is 8.28. The number of nitrogens with one attached hydrogen (secondary N) is 1. The summed E-state index contributed by atoms with van der Waals surface area (Å²) in [5.41, 5.74) is 1.78. The second-order valence-corrected chi connectivity index (χ2v) is 11.5. The first-order valence-corrected chi connectivity index (χ1v) is 13.9. The third kappa shape index (κ3) is 6.77. The van der Waals surface area contributed by atoms with Gasteiger partial charge in [-0.2, -0.15) is 13.2 Å². The summed E-state index contributed by atoms with van der Waals surface area (Å²) in [6.07, 6.45) is -0.734. The van der Waals surface area contributed by atoms with Crippen LogP contribution in [0.25, 0.3) is 0 Å². The minimum Gasteiger partial charge on any atom is -0.326 e. The van der Waals surface area contributed by atoms with Crippen molar-refractivity contribution in [3.63, 3.8) is 0 Å². The van der Waals surface area contributed by atoms with Gasteiger partial charge in [-0.3, -0.25) is 14.7 Å². The highest BCUT2D eigenvalue weighted by Gasteiger charge is 2.54. The summed E-state index contributed by atoms with van der Waals surface area (Å²) < 4.78 is 43.4. The molecule has 1 saturated heterocycles. The number of para-hydroxylation sites is 2. The fourth-order valence-corrected chi connectivity index (χ4v) is 5.35. The maximum Gasteiger partial charge on any atom is 0.398 e. The Morgan fingerprint density at radius 1 is 1.19 bits per heavy atom. The zero-order valence-corrected chi connectivity index (χ0v) is 24.8. The van der Waals surface area contributed by atoms with Crippen molar-refractivity contribution in [2.75, 3.05) is 45.7 Å². The van der Waals surface area contributed by atoms with Gasteiger partial charge in [0.25, 0.3) is 5.91 Å². The molecule has 2 atom stereocenters. The standard InChI is InChI=1S/C33H38F3N5O/c1-23-11-12-25(19-24(23)15-17-40(6)30-10-8-7-9-29(30)37-3)31(42)38-27-14-13-26(32(2,20-27)33(34,35)36)21-41-18-16-28(22-41)39(4)5/h7-14,19,28H,3,16,18,20-22H2,1-2,4-6H3,(H,38,42)/t28-,32?/m1/s1. The molecule has 1 aliphatic carbocycles. The Bertz CT molecular complexity index is 1470. The fraction of sp³-hybridized carbons (Fsp3) is 0.394. The summed E-state index contributed by atoms with van der Waals surface area (Å²) in [5.74, 6) is 2.62. The molecule has 42 heavy (non-hydrogen) atoms. The Kier molecular flexibility index (Phi) is 9.29. The van der Waals surface area contributed by atoms with Gasteiger partial charge in [0.15, 0.2) is 0 Å². The van der Waals surface area contributed by atoms with E-state index in [0.717, 1.165) is 30.8 Å². The number of amides is 1. The number of rotatable bonds is 7. The van der Waals surface area contributed by atoms with Crippen LogP contribution in [0.3, 0.4) is 0 Å². The molecule has 6 nitrogen and oxygen atoms in total. The number of carbonyl (C=O) groups is 1. The number of carbonyl (C=O) groups excluding carboxylic acids is 1. The molecule has 222 valence electrons. The van der Waals surface area contributed by atoms with Crippen molar-refractivity contribution in [1.29, 1.82) is 0 Å². The van der Waals surface area contributed by atoms with E-state index in [4.69, 9.17) is 0 Å². The minimum atomic E-state index is -4.47. The molecule has 0 spiro atoms. The highest BCUT2D eigenvalue weighted by Crippen LogP contribution is 2.50. The Balaban J connectivity index is 1.52. The Morgan fingerprint density at radius 3 is 2.60 bits per heavy atom. The number of alkyl halides is 3. The topological polar surface area (TPSA) is 51.2 Å². The van der Waals surface area contributed by atoms with Crippen molar-refractivity contribution >= 4 is 24.0 Å². The van der Waals surface area contributed by atoms with E-state index in [9.17, 15) is 18.0 Å². The van der Waals surface area contributed by atoms with Crippen LogP contribution in [0.5, 0.6) is 0 Å². The number of allylic oxidation sites excluding steroid dienone is 3. The lowest BCUT2D eigenvalue weighted by Crippen LogP contribution is -2.44. The van der Waals surface area contributed by atoms with Gasteiger partial charge in [-0.15, -0.1) is 0 Å². The molecule has 1 heterocycles. The van der Waals surface area contributed by atoms with Gasteiger partial charge < -0.3 is 15.1 Å². The predicted molar refractivity (Wildman–Crippen MR) is 163 cm³/mol. The average molecular weight is 578 g/mol. The molecule has 2 aromatic rings. The number of likely N-dealkylation sites (tertiary alicyclic amines) is 1. The van der Waals surface area contributed by atoms with Gasteiger partial charge in [-0.05, 0) is 88.5 Å². The van der Waals surface area contributed by atoms with Crippen molar-refractivity contribution in [2.24, 2.45) is 10.4 Å². The Hall–Kier alpha value is -3.87. The van der Waals surface area contributed by atoms with Gasteiger partial charge in [-0.25, -0.2) is 0 Å². The zero-order chi connectivity index (χ0) is 30.7. The van der Waals surface area contributed by atoms with E-state index in [-0.39, 0.29) is 18.7 Å². The number of hydrogen-bond acceptors (Lipinski definition) is 5. The van der Waals surface area contributed by atoms with E-state index in [1.807, 2.05) is 52.3 Å². The quantitative estimate of drug-likeness (QED) is 0.252. The highest BCUT2D eigenvalue weighted by molar-refractivity contribution is 5.95. The van der Waals surface area contributed by atoms with Crippen LogP contribution in [0.2, 0.25) is 0 Å². The molecule has 0 saturated carbocycles. The van der Waals surface area contributed by atoms with Crippen molar-refractivity contribution in [1.82, 2.24) is 15.1 Å². The van der Waals surface area contributed by atoms with Crippen LogP contribution in [-0.2, 0) is 0 Å². The van der Waals surface area contributed by atoms with Gasteiger partial charge >= 0.3 is 6.18 Å². The van der Waals surface area contributed by atoms with Crippen molar-refractivity contribution in [3.8, 4) is 12.0 Å². The smallest absolute Gasteiger partial charge is 0.326 e. The number of halogens is 3. The summed E-state index contributed by atoms with van der Waals surface area (Å²) in [7, 11) is 5.80. The van der Waals surface area contributed by atoms with Gasteiger partial charge in [0.05, 0.1) is 16.8 Å². The van der Waals surface area contributed by atoms with Crippen LogP contribution >= 0.6 is 0 Å². The molecule has 1 aliphatic heterocycles. The maximum absolute atomic E-state index is 14.5. The first kappa shape index (κ1) is 31.1.